The number of phenolic OH excluding ortho intramolecular Hbond substituents is 1. The summed E-state index contributed by atoms with van der Waals surface area (Å²) in [6.45, 7) is -0.464. The number of halogens is 1. The van der Waals surface area contributed by atoms with Crippen LogP contribution in [0, 0.1) is 0 Å². The first-order valence-corrected chi connectivity index (χ1v) is 6.72. The van der Waals surface area contributed by atoms with Gasteiger partial charge in [-0.1, -0.05) is 23.7 Å². The minimum atomic E-state index is -0.805. The fourth-order valence-electron chi connectivity index (χ4n) is 1.78. The maximum Gasteiger partial charge on any atom is 0.342 e. The quantitative estimate of drug-likeness (QED) is 0.677. The van der Waals surface area contributed by atoms with Crippen molar-refractivity contribution in [3.8, 4) is 11.5 Å². The fourth-order valence-corrected chi connectivity index (χ4v) is 2.03. The van der Waals surface area contributed by atoms with Crippen LogP contribution in [0.2, 0.25) is 5.02 Å². The van der Waals surface area contributed by atoms with Gasteiger partial charge in [0.2, 0.25) is 5.78 Å². The van der Waals surface area contributed by atoms with Gasteiger partial charge in [0.15, 0.2) is 6.61 Å². The average molecular weight is 321 g/mol. The third-order valence-corrected chi connectivity index (χ3v) is 3.26. The van der Waals surface area contributed by atoms with Gasteiger partial charge in [-0.3, -0.25) is 4.79 Å². The van der Waals surface area contributed by atoms with E-state index in [0.29, 0.717) is 5.75 Å². The van der Waals surface area contributed by atoms with Crippen LogP contribution < -0.4 is 4.74 Å². The van der Waals surface area contributed by atoms with E-state index in [9.17, 15) is 14.7 Å². The molecule has 0 heterocycles. The lowest BCUT2D eigenvalue weighted by atomic mass is 10.1. The molecule has 0 fully saturated rings. The molecule has 2 aromatic rings. The number of rotatable bonds is 5. The van der Waals surface area contributed by atoms with Crippen LogP contribution in [0.5, 0.6) is 11.5 Å². The summed E-state index contributed by atoms with van der Waals surface area (Å²) < 4.78 is 9.82. The van der Waals surface area contributed by atoms with Crippen molar-refractivity contribution < 1.29 is 24.2 Å². The second-order valence-corrected chi connectivity index (χ2v) is 4.77. The second-order valence-electron chi connectivity index (χ2n) is 4.36. The number of carbonyl (C=O) groups excluding carboxylic acids is 2. The zero-order chi connectivity index (χ0) is 16.1. The Labute approximate surface area is 132 Å². The minimum Gasteiger partial charge on any atom is -0.507 e. The van der Waals surface area contributed by atoms with Crippen molar-refractivity contribution in [2.24, 2.45) is 0 Å². The number of phenols is 1. The summed E-state index contributed by atoms with van der Waals surface area (Å²) in [5.74, 6) is -1.11. The normalized spacial score (nSPS) is 10.1. The number of ether oxygens (including phenoxy) is 2. The number of benzene rings is 2. The van der Waals surface area contributed by atoms with E-state index in [0.717, 1.165) is 0 Å². The van der Waals surface area contributed by atoms with Crippen molar-refractivity contribution >= 4 is 23.4 Å². The van der Waals surface area contributed by atoms with Gasteiger partial charge in [0.1, 0.15) is 17.1 Å². The molecule has 0 aliphatic carbocycles. The maximum absolute atomic E-state index is 11.9. The highest BCUT2D eigenvalue weighted by Crippen LogP contribution is 2.24. The highest BCUT2D eigenvalue weighted by molar-refractivity contribution is 6.34. The Morgan fingerprint density at radius 3 is 2.50 bits per heavy atom. The highest BCUT2D eigenvalue weighted by atomic mass is 35.5. The number of esters is 1. The number of hydrogen-bond donors (Lipinski definition) is 1. The molecule has 0 amide bonds. The van der Waals surface area contributed by atoms with Crippen molar-refractivity contribution in [3.05, 3.63) is 58.6 Å². The van der Waals surface area contributed by atoms with E-state index >= 15 is 0 Å². The summed E-state index contributed by atoms with van der Waals surface area (Å²) in [5, 5.41) is 10.0. The molecule has 0 unspecified atom stereocenters. The maximum atomic E-state index is 11.9. The molecule has 0 bridgehead atoms. The SMILES string of the molecule is COc1ccc(C(=O)OCC(=O)c2ccccc2Cl)c(O)c1. The van der Waals surface area contributed by atoms with Crippen molar-refractivity contribution in [1.29, 1.82) is 0 Å². The van der Waals surface area contributed by atoms with Crippen molar-refractivity contribution in [1.82, 2.24) is 0 Å². The lowest BCUT2D eigenvalue weighted by Gasteiger charge is -2.08. The molecule has 0 saturated heterocycles. The van der Waals surface area contributed by atoms with E-state index in [2.05, 4.69) is 0 Å². The number of hydrogen-bond acceptors (Lipinski definition) is 5. The summed E-state index contributed by atoms with van der Waals surface area (Å²) >= 11 is 5.89. The van der Waals surface area contributed by atoms with E-state index < -0.39 is 18.4 Å². The molecule has 22 heavy (non-hydrogen) atoms. The third-order valence-electron chi connectivity index (χ3n) is 2.93. The molecule has 0 aromatic heterocycles. The van der Waals surface area contributed by atoms with Gasteiger partial charge in [-0.25, -0.2) is 4.79 Å². The summed E-state index contributed by atoms with van der Waals surface area (Å²) in [6, 6.07) is 10.6. The number of aromatic hydroxyl groups is 1. The van der Waals surface area contributed by atoms with Crippen LogP contribution >= 0.6 is 11.6 Å². The predicted octanol–water partition coefficient (Wildman–Crippen LogP) is 3.09. The first kappa shape index (κ1) is 15.9. The van der Waals surface area contributed by atoms with Gasteiger partial charge in [0.05, 0.1) is 12.1 Å². The predicted molar refractivity (Wildman–Crippen MR) is 80.7 cm³/mol. The van der Waals surface area contributed by atoms with E-state index in [4.69, 9.17) is 21.1 Å². The second kappa shape index (κ2) is 6.95. The van der Waals surface area contributed by atoms with Crippen LogP contribution in [0.25, 0.3) is 0 Å². The Kier molecular flexibility index (Phi) is 5.01. The lowest BCUT2D eigenvalue weighted by Crippen LogP contribution is -2.14. The van der Waals surface area contributed by atoms with Crippen LogP contribution in [-0.2, 0) is 4.74 Å². The standard InChI is InChI=1S/C16H13ClO5/c1-21-10-6-7-12(14(18)8-10)16(20)22-9-15(19)11-4-2-3-5-13(11)17/h2-8,18H,9H2,1H3. The molecule has 0 aliphatic rings. The molecule has 6 heteroatoms. The Bertz CT molecular complexity index is 711. The van der Waals surface area contributed by atoms with Crippen molar-refractivity contribution in [2.75, 3.05) is 13.7 Å². The van der Waals surface area contributed by atoms with E-state index in [-0.39, 0.29) is 21.9 Å². The molecule has 0 saturated carbocycles. The topological polar surface area (TPSA) is 72.8 Å². The smallest absolute Gasteiger partial charge is 0.342 e. The molecular weight excluding hydrogens is 308 g/mol. The van der Waals surface area contributed by atoms with Gasteiger partial charge in [0, 0.05) is 11.6 Å². The van der Waals surface area contributed by atoms with Gasteiger partial charge < -0.3 is 14.6 Å². The fraction of sp³-hybridized carbons (Fsp3) is 0.125. The molecule has 5 nitrogen and oxygen atoms in total. The third kappa shape index (κ3) is 3.56. The molecule has 2 rings (SSSR count). The summed E-state index contributed by atoms with van der Waals surface area (Å²) in [5.41, 5.74) is 0.226. The van der Waals surface area contributed by atoms with E-state index in [1.54, 1.807) is 24.3 Å². The molecule has 0 aliphatic heterocycles. The van der Waals surface area contributed by atoms with E-state index in [1.165, 1.54) is 25.3 Å². The van der Waals surface area contributed by atoms with Crippen LogP contribution in [0.3, 0.4) is 0 Å². The van der Waals surface area contributed by atoms with Gasteiger partial charge in [-0.05, 0) is 24.3 Å². The first-order chi connectivity index (χ1) is 10.5. The average Bonchev–Trinajstić information content (AvgIpc) is 2.52. The van der Waals surface area contributed by atoms with Gasteiger partial charge in [-0.15, -0.1) is 0 Å². The Balaban J connectivity index is 2.04. The van der Waals surface area contributed by atoms with Crippen LogP contribution in [0.4, 0.5) is 0 Å². The van der Waals surface area contributed by atoms with Crippen LogP contribution in [-0.4, -0.2) is 30.6 Å². The van der Waals surface area contributed by atoms with Gasteiger partial charge in [-0.2, -0.15) is 0 Å². The first-order valence-electron chi connectivity index (χ1n) is 6.34. The molecule has 114 valence electrons. The Morgan fingerprint density at radius 2 is 1.86 bits per heavy atom. The van der Waals surface area contributed by atoms with Crippen molar-refractivity contribution in [3.63, 3.8) is 0 Å². The number of ketones is 1. The monoisotopic (exact) mass is 320 g/mol. The molecule has 0 radical (unpaired) electrons. The van der Waals surface area contributed by atoms with Crippen LogP contribution in [0.15, 0.2) is 42.5 Å². The molecule has 0 spiro atoms. The van der Waals surface area contributed by atoms with Gasteiger partial charge >= 0.3 is 5.97 Å². The number of carbonyl (C=O) groups is 2. The summed E-state index contributed by atoms with van der Waals surface area (Å²) in [4.78, 5) is 23.8. The van der Waals surface area contributed by atoms with E-state index in [1.807, 2.05) is 0 Å². The summed E-state index contributed by atoms with van der Waals surface area (Å²) in [7, 11) is 1.44. The molecular formula is C16H13ClO5. The minimum absolute atomic E-state index is 0.0484. The zero-order valence-corrected chi connectivity index (χ0v) is 12.5. The zero-order valence-electron chi connectivity index (χ0n) is 11.7. The van der Waals surface area contributed by atoms with Gasteiger partial charge in [0.25, 0.3) is 0 Å². The molecule has 0 atom stereocenters. The van der Waals surface area contributed by atoms with Crippen LogP contribution in [0.1, 0.15) is 20.7 Å². The summed E-state index contributed by atoms with van der Waals surface area (Å²) in [6.07, 6.45) is 0. The number of methoxy groups -OCH3 is 1. The molecule has 2 aromatic carbocycles. The Morgan fingerprint density at radius 1 is 1.14 bits per heavy atom. The highest BCUT2D eigenvalue weighted by Gasteiger charge is 2.17. The Hall–Kier alpha value is -2.53. The lowest BCUT2D eigenvalue weighted by molar-refractivity contribution is 0.0472. The number of Topliss-reactive ketones (excluding diaryl/α,β-unsaturated/α-hetero) is 1. The van der Waals surface area contributed by atoms with Crippen molar-refractivity contribution in [2.45, 2.75) is 0 Å². The largest absolute Gasteiger partial charge is 0.507 e. The molecule has 1 N–H and O–H groups in total.